The minimum absolute atomic E-state index is 0.0938. The number of methoxy groups -OCH3 is 1. The highest BCUT2D eigenvalue weighted by atomic mass is 19.1. The second-order valence-corrected chi connectivity index (χ2v) is 3.91. The Balaban J connectivity index is 2.08. The molecule has 0 fully saturated rings. The van der Waals surface area contributed by atoms with E-state index in [4.69, 9.17) is 9.47 Å². The molecule has 0 saturated heterocycles. The van der Waals surface area contributed by atoms with Crippen molar-refractivity contribution >= 4 is 5.91 Å². The Morgan fingerprint density at radius 1 is 1.32 bits per heavy atom. The summed E-state index contributed by atoms with van der Waals surface area (Å²) in [5.74, 6) is -1.01. The Kier molecular flexibility index (Phi) is 7.69. The van der Waals surface area contributed by atoms with Crippen molar-refractivity contribution in [2.24, 2.45) is 0 Å². The number of hydrogen-bond acceptors (Lipinski definition) is 4. The lowest BCUT2D eigenvalue weighted by Crippen LogP contribution is -2.25. The highest BCUT2D eigenvalue weighted by molar-refractivity contribution is 5.92. The molecule has 1 aromatic rings. The molecule has 5 nitrogen and oxygen atoms in total. The first-order valence-corrected chi connectivity index (χ1v) is 6.21. The van der Waals surface area contributed by atoms with Gasteiger partial charge in [0.2, 0.25) is 5.95 Å². The summed E-state index contributed by atoms with van der Waals surface area (Å²) in [5, 5.41) is 2.68. The van der Waals surface area contributed by atoms with E-state index in [-0.39, 0.29) is 11.6 Å². The maximum absolute atomic E-state index is 12.8. The topological polar surface area (TPSA) is 60.5 Å². The molecule has 0 bridgehead atoms. The zero-order chi connectivity index (χ0) is 13.9. The number of pyridine rings is 1. The summed E-state index contributed by atoms with van der Waals surface area (Å²) >= 11 is 0. The standard InChI is InChI=1S/C13H19FN2O3/c1-18-9-10-19-8-3-2-7-15-13(17)11-5-4-6-12(14)16-11/h4-6H,2-3,7-10H2,1H3,(H,15,17). The van der Waals surface area contributed by atoms with E-state index in [2.05, 4.69) is 10.3 Å². The first kappa shape index (κ1) is 15.5. The van der Waals surface area contributed by atoms with E-state index in [0.717, 1.165) is 12.8 Å². The van der Waals surface area contributed by atoms with Gasteiger partial charge in [-0.3, -0.25) is 4.79 Å². The quantitative estimate of drug-likeness (QED) is 0.544. The number of halogens is 1. The van der Waals surface area contributed by atoms with Gasteiger partial charge < -0.3 is 14.8 Å². The van der Waals surface area contributed by atoms with E-state index in [1.165, 1.54) is 18.2 Å². The molecular formula is C13H19FN2O3. The normalized spacial score (nSPS) is 10.4. The third-order valence-electron chi connectivity index (χ3n) is 2.38. The highest BCUT2D eigenvalue weighted by Crippen LogP contribution is 1.98. The van der Waals surface area contributed by atoms with Crippen LogP contribution in [0.1, 0.15) is 23.3 Å². The van der Waals surface area contributed by atoms with Crippen LogP contribution in [0.5, 0.6) is 0 Å². The summed E-state index contributed by atoms with van der Waals surface area (Å²) < 4.78 is 22.9. The predicted octanol–water partition coefficient (Wildman–Crippen LogP) is 1.39. The van der Waals surface area contributed by atoms with E-state index in [1.807, 2.05) is 0 Å². The zero-order valence-corrected chi connectivity index (χ0v) is 11.0. The molecule has 0 aliphatic carbocycles. The van der Waals surface area contributed by atoms with Crippen molar-refractivity contribution < 1.29 is 18.7 Å². The van der Waals surface area contributed by atoms with Crippen LogP contribution in [-0.2, 0) is 9.47 Å². The van der Waals surface area contributed by atoms with Crippen LogP contribution in [0.2, 0.25) is 0 Å². The molecule has 6 heteroatoms. The molecule has 0 atom stereocenters. The number of carbonyl (C=O) groups is 1. The van der Waals surface area contributed by atoms with Crippen molar-refractivity contribution in [3.63, 3.8) is 0 Å². The Morgan fingerprint density at radius 2 is 2.16 bits per heavy atom. The van der Waals surface area contributed by atoms with Gasteiger partial charge in [-0.05, 0) is 25.0 Å². The van der Waals surface area contributed by atoms with Crippen LogP contribution in [0, 0.1) is 5.95 Å². The number of rotatable bonds is 9. The zero-order valence-electron chi connectivity index (χ0n) is 11.0. The van der Waals surface area contributed by atoms with E-state index in [0.29, 0.717) is 26.4 Å². The maximum Gasteiger partial charge on any atom is 0.269 e. The monoisotopic (exact) mass is 270 g/mol. The van der Waals surface area contributed by atoms with Gasteiger partial charge in [-0.2, -0.15) is 4.39 Å². The first-order chi connectivity index (χ1) is 9.24. The van der Waals surface area contributed by atoms with Crippen LogP contribution in [0.15, 0.2) is 18.2 Å². The van der Waals surface area contributed by atoms with E-state index in [1.54, 1.807) is 7.11 Å². The molecule has 0 aromatic carbocycles. The van der Waals surface area contributed by atoms with Crippen LogP contribution in [0.4, 0.5) is 4.39 Å². The Labute approximate surface area is 112 Å². The van der Waals surface area contributed by atoms with Gasteiger partial charge in [-0.25, -0.2) is 4.98 Å². The molecule has 0 radical (unpaired) electrons. The summed E-state index contributed by atoms with van der Waals surface area (Å²) in [6, 6.07) is 4.14. The van der Waals surface area contributed by atoms with Gasteiger partial charge in [0.1, 0.15) is 5.69 Å². The van der Waals surface area contributed by atoms with Gasteiger partial charge >= 0.3 is 0 Å². The van der Waals surface area contributed by atoms with Crippen molar-refractivity contribution in [3.8, 4) is 0 Å². The molecular weight excluding hydrogens is 251 g/mol. The van der Waals surface area contributed by atoms with Crippen molar-refractivity contribution in [2.75, 3.05) is 33.5 Å². The third kappa shape index (κ3) is 6.83. The lowest BCUT2D eigenvalue weighted by atomic mass is 10.3. The van der Waals surface area contributed by atoms with Crippen molar-refractivity contribution in [1.82, 2.24) is 10.3 Å². The molecule has 106 valence electrons. The number of aromatic nitrogens is 1. The molecule has 1 rings (SSSR count). The van der Waals surface area contributed by atoms with Gasteiger partial charge in [0, 0.05) is 20.3 Å². The molecule has 1 amide bonds. The second-order valence-electron chi connectivity index (χ2n) is 3.91. The number of nitrogens with one attached hydrogen (secondary N) is 1. The number of carbonyl (C=O) groups excluding carboxylic acids is 1. The third-order valence-corrected chi connectivity index (χ3v) is 2.38. The Hall–Kier alpha value is -1.53. The molecule has 0 aliphatic rings. The summed E-state index contributed by atoms with van der Waals surface area (Å²) in [7, 11) is 1.62. The van der Waals surface area contributed by atoms with Crippen LogP contribution >= 0.6 is 0 Å². The van der Waals surface area contributed by atoms with Gasteiger partial charge in [0.05, 0.1) is 13.2 Å². The second kappa shape index (κ2) is 9.41. The summed E-state index contributed by atoms with van der Waals surface area (Å²) in [5.41, 5.74) is 0.0938. The SMILES string of the molecule is COCCOCCCCNC(=O)c1cccc(F)n1. The van der Waals surface area contributed by atoms with E-state index >= 15 is 0 Å². The van der Waals surface area contributed by atoms with Crippen LogP contribution < -0.4 is 5.32 Å². The summed E-state index contributed by atoms with van der Waals surface area (Å²) in [4.78, 5) is 15.1. The minimum Gasteiger partial charge on any atom is -0.382 e. The number of ether oxygens (including phenoxy) is 2. The summed E-state index contributed by atoms with van der Waals surface area (Å²) in [6.45, 7) is 2.32. The lowest BCUT2D eigenvalue weighted by Gasteiger charge is -2.05. The van der Waals surface area contributed by atoms with Crippen molar-refractivity contribution in [1.29, 1.82) is 0 Å². The van der Waals surface area contributed by atoms with E-state index in [9.17, 15) is 9.18 Å². The molecule has 1 N–H and O–H groups in total. The number of unbranched alkanes of at least 4 members (excludes halogenated alkanes) is 1. The fraction of sp³-hybridized carbons (Fsp3) is 0.538. The van der Waals surface area contributed by atoms with E-state index < -0.39 is 5.95 Å². The van der Waals surface area contributed by atoms with Gasteiger partial charge in [-0.1, -0.05) is 6.07 Å². The molecule has 1 aromatic heterocycles. The van der Waals surface area contributed by atoms with Gasteiger partial charge in [0.15, 0.2) is 0 Å². The molecule has 1 heterocycles. The van der Waals surface area contributed by atoms with Gasteiger partial charge in [0.25, 0.3) is 5.91 Å². The van der Waals surface area contributed by atoms with Crippen molar-refractivity contribution in [2.45, 2.75) is 12.8 Å². The van der Waals surface area contributed by atoms with Crippen LogP contribution in [-0.4, -0.2) is 44.4 Å². The Morgan fingerprint density at radius 3 is 2.89 bits per heavy atom. The first-order valence-electron chi connectivity index (χ1n) is 6.21. The average molecular weight is 270 g/mol. The maximum atomic E-state index is 12.8. The Bertz CT molecular complexity index is 388. The highest BCUT2D eigenvalue weighted by Gasteiger charge is 2.06. The number of amides is 1. The van der Waals surface area contributed by atoms with Crippen LogP contribution in [0.3, 0.4) is 0 Å². The molecule has 0 aliphatic heterocycles. The smallest absolute Gasteiger partial charge is 0.269 e. The fourth-order valence-electron chi connectivity index (χ4n) is 1.40. The van der Waals surface area contributed by atoms with Crippen LogP contribution in [0.25, 0.3) is 0 Å². The largest absolute Gasteiger partial charge is 0.382 e. The molecule has 19 heavy (non-hydrogen) atoms. The number of hydrogen-bond donors (Lipinski definition) is 1. The molecule has 0 spiro atoms. The summed E-state index contributed by atoms with van der Waals surface area (Å²) in [6.07, 6.45) is 1.65. The lowest BCUT2D eigenvalue weighted by molar-refractivity contribution is 0.0686. The minimum atomic E-state index is -0.654. The molecule has 0 saturated carbocycles. The fourth-order valence-corrected chi connectivity index (χ4v) is 1.40. The number of nitrogens with zero attached hydrogens (tertiary/aromatic N) is 1. The van der Waals surface area contributed by atoms with Gasteiger partial charge in [-0.15, -0.1) is 0 Å². The van der Waals surface area contributed by atoms with Crippen molar-refractivity contribution in [3.05, 3.63) is 29.8 Å². The molecule has 0 unspecified atom stereocenters. The average Bonchev–Trinajstić information content (AvgIpc) is 2.41. The predicted molar refractivity (Wildman–Crippen MR) is 68.5 cm³/mol.